The molecule has 0 aliphatic heterocycles. The van der Waals surface area contributed by atoms with E-state index in [1.54, 1.807) is 16.9 Å². The smallest absolute Gasteiger partial charge is 0.162 e. The molecule has 0 saturated carbocycles. The first-order valence-corrected chi connectivity index (χ1v) is 5.46. The Hall–Kier alpha value is -1.63. The monoisotopic (exact) mass is 219 g/mol. The van der Waals surface area contributed by atoms with Gasteiger partial charge in [0.1, 0.15) is 12.1 Å². The highest BCUT2D eigenvalue weighted by atomic mass is 16.1. The van der Waals surface area contributed by atoms with Gasteiger partial charge in [-0.3, -0.25) is 9.48 Å². The first-order valence-electron chi connectivity index (χ1n) is 5.46. The molecule has 0 saturated heterocycles. The minimum atomic E-state index is -0.276. The quantitative estimate of drug-likeness (QED) is 0.779. The van der Waals surface area contributed by atoms with Crippen molar-refractivity contribution in [1.29, 1.82) is 5.26 Å². The zero-order chi connectivity index (χ0) is 12.3. The van der Waals surface area contributed by atoms with Crippen LogP contribution in [0.4, 0.5) is 0 Å². The fraction of sp³-hybridized carbons (Fsp3) is 0.583. The lowest BCUT2D eigenvalue weighted by atomic mass is 9.93. The molecular weight excluding hydrogens is 202 g/mol. The topological polar surface area (TPSA) is 58.7 Å². The Bertz CT molecular complexity index is 412. The molecule has 0 aliphatic carbocycles. The Morgan fingerprint density at radius 3 is 2.44 bits per heavy atom. The molecular formula is C12H17N3O. The summed E-state index contributed by atoms with van der Waals surface area (Å²) >= 11 is 0. The van der Waals surface area contributed by atoms with Crippen molar-refractivity contribution in [2.45, 2.75) is 33.7 Å². The van der Waals surface area contributed by atoms with E-state index in [1.165, 1.54) is 0 Å². The van der Waals surface area contributed by atoms with Crippen LogP contribution in [-0.4, -0.2) is 15.6 Å². The number of hydrogen-bond acceptors (Lipinski definition) is 3. The van der Waals surface area contributed by atoms with E-state index in [2.05, 4.69) is 5.10 Å². The minimum absolute atomic E-state index is 0.0258. The number of nitriles is 1. The predicted molar refractivity (Wildman–Crippen MR) is 60.7 cm³/mol. The molecule has 0 aliphatic rings. The lowest BCUT2D eigenvalue weighted by Crippen LogP contribution is -2.28. The van der Waals surface area contributed by atoms with E-state index in [9.17, 15) is 4.79 Å². The van der Waals surface area contributed by atoms with Crippen molar-refractivity contribution in [3.63, 3.8) is 0 Å². The van der Waals surface area contributed by atoms with Crippen molar-refractivity contribution in [1.82, 2.24) is 9.78 Å². The average molecular weight is 219 g/mol. The van der Waals surface area contributed by atoms with Gasteiger partial charge in [0.05, 0.1) is 0 Å². The third-order valence-corrected chi connectivity index (χ3v) is 2.50. The molecule has 16 heavy (non-hydrogen) atoms. The Morgan fingerprint density at radius 2 is 2.06 bits per heavy atom. The molecule has 0 spiro atoms. The van der Waals surface area contributed by atoms with Gasteiger partial charge in [0.2, 0.25) is 0 Å². The summed E-state index contributed by atoms with van der Waals surface area (Å²) in [6.07, 6.45) is 1.70. The Labute approximate surface area is 95.9 Å². The second-order valence-corrected chi connectivity index (χ2v) is 4.54. The van der Waals surface area contributed by atoms with E-state index in [4.69, 9.17) is 5.26 Å². The van der Waals surface area contributed by atoms with Gasteiger partial charge in [-0.05, 0) is 12.0 Å². The second-order valence-electron chi connectivity index (χ2n) is 4.54. The first-order chi connectivity index (χ1) is 7.47. The van der Waals surface area contributed by atoms with Gasteiger partial charge in [-0.1, -0.05) is 27.7 Å². The van der Waals surface area contributed by atoms with Crippen molar-refractivity contribution in [3.05, 3.63) is 18.0 Å². The lowest BCUT2D eigenvalue weighted by molar-refractivity contribution is -0.126. The summed E-state index contributed by atoms with van der Waals surface area (Å²) in [5.74, 6) is 0.297. The van der Waals surface area contributed by atoms with Crippen LogP contribution in [-0.2, 0) is 4.79 Å². The van der Waals surface area contributed by atoms with Crippen molar-refractivity contribution < 1.29 is 4.79 Å². The number of hydrogen-bond donors (Lipinski definition) is 0. The van der Waals surface area contributed by atoms with Crippen LogP contribution < -0.4 is 0 Å². The molecule has 1 aromatic rings. The van der Waals surface area contributed by atoms with Crippen LogP contribution in [0.3, 0.4) is 0 Å². The van der Waals surface area contributed by atoms with Crippen LogP contribution >= 0.6 is 0 Å². The summed E-state index contributed by atoms with van der Waals surface area (Å²) in [6.45, 7) is 7.73. The molecule has 86 valence electrons. The van der Waals surface area contributed by atoms with Crippen molar-refractivity contribution in [2.24, 2.45) is 11.8 Å². The van der Waals surface area contributed by atoms with E-state index in [1.807, 2.05) is 33.8 Å². The summed E-state index contributed by atoms with van der Waals surface area (Å²) in [7, 11) is 0. The Kier molecular flexibility index (Phi) is 3.83. The number of carbonyl (C=O) groups excluding carboxylic acids is 1. The summed E-state index contributed by atoms with van der Waals surface area (Å²) in [5, 5.41) is 12.8. The summed E-state index contributed by atoms with van der Waals surface area (Å²) in [4.78, 5) is 12.0. The SMILES string of the molecule is CC(C)C(=O)C(C(C)C)n1ccc(C#N)n1. The predicted octanol–water partition coefficient (Wildman–Crippen LogP) is 2.18. The molecule has 0 aromatic carbocycles. The van der Waals surface area contributed by atoms with Gasteiger partial charge < -0.3 is 0 Å². The van der Waals surface area contributed by atoms with Crippen LogP contribution in [0.1, 0.15) is 39.4 Å². The highest BCUT2D eigenvalue weighted by Crippen LogP contribution is 2.21. The molecule has 1 heterocycles. The molecule has 1 unspecified atom stereocenters. The van der Waals surface area contributed by atoms with E-state index >= 15 is 0 Å². The number of aromatic nitrogens is 2. The van der Waals surface area contributed by atoms with Gasteiger partial charge >= 0.3 is 0 Å². The third kappa shape index (κ3) is 2.48. The molecule has 0 amide bonds. The molecule has 0 bridgehead atoms. The van der Waals surface area contributed by atoms with E-state index in [0.29, 0.717) is 5.69 Å². The largest absolute Gasteiger partial charge is 0.297 e. The molecule has 1 rings (SSSR count). The van der Waals surface area contributed by atoms with Gasteiger partial charge in [0.25, 0.3) is 0 Å². The number of Topliss-reactive ketones (excluding diaryl/α,β-unsaturated/α-hetero) is 1. The van der Waals surface area contributed by atoms with Crippen molar-refractivity contribution in [2.75, 3.05) is 0 Å². The van der Waals surface area contributed by atoms with Crippen LogP contribution in [0.5, 0.6) is 0 Å². The van der Waals surface area contributed by atoms with Gasteiger partial charge in [-0.25, -0.2) is 0 Å². The van der Waals surface area contributed by atoms with Crippen LogP contribution in [0.15, 0.2) is 12.3 Å². The standard InChI is InChI=1S/C12H17N3O/c1-8(2)11(12(16)9(3)4)15-6-5-10(7-13)14-15/h5-6,8-9,11H,1-4H3. The van der Waals surface area contributed by atoms with Crippen LogP contribution in [0.25, 0.3) is 0 Å². The summed E-state index contributed by atoms with van der Waals surface area (Å²) in [6, 6.07) is 3.32. The highest BCUT2D eigenvalue weighted by molar-refractivity contribution is 5.84. The molecule has 0 N–H and O–H groups in total. The van der Waals surface area contributed by atoms with Crippen LogP contribution in [0, 0.1) is 23.2 Å². The zero-order valence-electron chi connectivity index (χ0n) is 10.1. The molecule has 4 nitrogen and oxygen atoms in total. The zero-order valence-corrected chi connectivity index (χ0v) is 10.1. The third-order valence-electron chi connectivity index (χ3n) is 2.50. The number of ketones is 1. The maximum absolute atomic E-state index is 12.0. The number of carbonyl (C=O) groups is 1. The van der Waals surface area contributed by atoms with Gasteiger partial charge in [0.15, 0.2) is 11.5 Å². The van der Waals surface area contributed by atoms with Gasteiger partial charge in [0, 0.05) is 12.1 Å². The van der Waals surface area contributed by atoms with E-state index in [0.717, 1.165) is 0 Å². The highest BCUT2D eigenvalue weighted by Gasteiger charge is 2.26. The van der Waals surface area contributed by atoms with Gasteiger partial charge in [-0.15, -0.1) is 0 Å². The Morgan fingerprint density at radius 1 is 1.44 bits per heavy atom. The average Bonchev–Trinajstić information content (AvgIpc) is 2.65. The van der Waals surface area contributed by atoms with Gasteiger partial charge in [-0.2, -0.15) is 10.4 Å². The first kappa shape index (κ1) is 12.4. The molecule has 4 heteroatoms. The maximum atomic E-state index is 12.0. The lowest BCUT2D eigenvalue weighted by Gasteiger charge is -2.21. The normalized spacial score (nSPS) is 12.8. The molecule has 0 radical (unpaired) electrons. The molecule has 1 atom stereocenters. The second kappa shape index (κ2) is 4.93. The minimum Gasteiger partial charge on any atom is -0.297 e. The van der Waals surface area contributed by atoms with Crippen molar-refractivity contribution in [3.8, 4) is 6.07 Å². The maximum Gasteiger partial charge on any atom is 0.162 e. The Balaban J connectivity index is 3.04. The number of nitrogens with zero attached hydrogens (tertiary/aromatic N) is 3. The van der Waals surface area contributed by atoms with E-state index in [-0.39, 0.29) is 23.7 Å². The fourth-order valence-corrected chi connectivity index (χ4v) is 1.66. The van der Waals surface area contributed by atoms with Crippen LogP contribution in [0.2, 0.25) is 0 Å². The fourth-order valence-electron chi connectivity index (χ4n) is 1.66. The molecule has 1 aromatic heterocycles. The summed E-state index contributed by atoms with van der Waals surface area (Å²) < 4.78 is 1.60. The van der Waals surface area contributed by atoms with E-state index < -0.39 is 0 Å². The van der Waals surface area contributed by atoms with Crippen molar-refractivity contribution >= 4 is 5.78 Å². The molecule has 0 fully saturated rings. The summed E-state index contributed by atoms with van der Waals surface area (Å²) in [5.41, 5.74) is 0.349. The number of rotatable bonds is 4.